The quantitative estimate of drug-likeness (QED) is 0.0445. The highest BCUT2D eigenvalue weighted by molar-refractivity contribution is 5.76. The van der Waals surface area contributed by atoms with Gasteiger partial charge in [-0.1, -0.05) is 204 Å². The van der Waals surface area contributed by atoms with Crippen molar-refractivity contribution >= 4 is 5.91 Å². The minimum absolute atomic E-state index is 0.0717. The van der Waals surface area contributed by atoms with Gasteiger partial charge in [-0.2, -0.15) is 0 Å². The van der Waals surface area contributed by atoms with Crippen LogP contribution in [0.1, 0.15) is 226 Å². The molecule has 49 heavy (non-hydrogen) atoms. The molecule has 0 bridgehead atoms. The Labute approximate surface area is 306 Å². The number of rotatable bonds is 39. The molecule has 288 valence electrons. The van der Waals surface area contributed by atoms with Crippen LogP contribution in [0.15, 0.2) is 36.5 Å². The molecule has 0 aliphatic heterocycles. The molecular weight excluding hydrogens is 602 g/mol. The van der Waals surface area contributed by atoms with Crippen molar-refractivity contribution in [1.29, 1.82) is 0 Å². The Balaban J connectivity index is 3.58. The second-order valence-corrected chi connectivity index (χ2v) is 14.8. The summed E-state index contributed by atoms with van der Waals surface area (Å²) in [5, 5.41) is 23.0. The van der Waals surface area contributed by atoms with E-state index in [0.29, 0.717) is 6.42 Å². The molecule has 0 rings (SSSR count). The third-order valence-corrected chi connectivity index (χ3v) is 9.87. The van der Waals surface area contributed by atoms with Gasteiger partial charge in [0, 0.05) is 6.42 Å². The molecule has 2 unspecified atom stereocenters. The number of carbonyl (C=O) groups is 1. The van der Waals surface area contributed by atoms with Gasteiger partial charge in [0.15, 0.2) is 0 Å². The number of unbranched alkanes of at least 4 members (excludes halogenated alkanes) is 28. The minimum Gasteiger partial charge on any atom is -0.394 e. The van der Waals surface area contributed by atoms with Crippen LogP contribution in [0.4, 0.5) is 0 Å². The van der Waals surface area contributed by atoms with Crippen LogP contribution in [0.3, 0.4) is 0 Å². The first-order valence-electron chi connectivity index (χ1n) is 21.7. The van der Waals surface area contributed by atoms with Gasteiger partial charge in [-0.25, -0.2) is 0 Å². The summed E-state index contributed by atoms with van der Waals surface area (Å²) in [5.74, 6) is -0.0717. The predicted octanol–water partition coefficient (Wildman–Crippen LogP) is 13.4. The van der Waals surface area contributed by atoms with E-state index in [1.54, 1.807) is 6.08 Å². The van der Waals surface area contributed by atoms with E-state index in [0.717, 1.165) is 32.1 Å². The Morgan fingerprint density at radius 3 is 1.27 bits per heavy atom. The molecule has 0 aromatic carbocycles. The maximum Gasteiger partial charge on any atom is 0.220 e. The molecule has 0 aromatic heterocycles. The van der Waals surface area contributed by atoms with Crippen molar-refractivity contribution in [3.63, 3.8) is 0 Å². The molecule has 4 nitrogen and oxygen atoms in total. The number of carbonyl (C=O) groups excluding carboxylic acids is 1. The van der Waals surface area contributed by atoms with Gasteiger partial charge in [0.25, 0.3) is 0 Å². The Bertz CT molecular complexity index is 746. The largest absolute Gasteiger partial charge is 0.394 e. The summed E-state index contributed by atoms with van der Waals surface area (Å²) in [6.07, 6.45) is 53.9. The Hall–Kier alpha value is -1.39. The van der Waals surface area contributed by atoms with Gasteiger partial charge in [0.1, 0.15) is 0 Å². The highest BCUT2D eigenvalue weighted by Gasteiger charge is 2.17. The van der Waals surface area contributed by atoms with Crippen LogP contribution in [0.25, 0.3) is 0 Å². The normalized spacial score (nSPS) is 13.3. The first kappa shape index (κ1) is 47.6. The average molecular weight is 688 g/mol. The predicted molar refractivity (Wildman–Crippen MR) is 216 cm³/mol. The summed E-state index contributed by atoms with van der Waals surface area (Å²) >= 11 is 0. The highest BCUT2D eigenvalue weighted by atomic mass is 16.3. The molecule has 0 aliphatic rings. The van der Waals surface area contributed by atoms with Crippen LogP contribution in [0, 0.1) is 0 Å². The molecule has 4 heteroatoms. The minimum atomic E-state index is -0.841. The van der Waals surface area contributed by atoms with Crippen LogP contribution in [0.5, 0.6) is 0 Å². The molecule has 0 saturated carbocycles. The average Bonchev–Trinajstić information content (AvgIpc) is 3.10. The van der Waals surface area contributed by atoms with Crippen molar-refractivity contribution in [2.45, 2.75) is 238 Å². The maximum atomic E-state index is 12.4. The van der Waals surface area contributed by atoms with Crippen molar-refractivity contribution in [2.75, 3.05) is 6.61 Å². The third kappa shape index (κ3) is 37.7. The van der Waals surface area contributed by atoms with Gasteiger partial charge in [0.2, 0.25) is 5.91 Å². The van der Waals surface area contributed by atoms with Gasteiger partial charge in [0.05, 0.1) is 18.8 Å². The van der Waals surface area contributed by atoms with E-state index in [1.807, 2.05) is 6.08 Å². The second-order valence-electron chi connectivity index (χ2n) is 14.8. The Kier molecular flexibility index (Phi) is 39.9. The van der Waals surface area contributed by atoms with E-state index >= 15 is 0 Å². The second kappa shape index (κ2) is 41.0. The lowest BCUT2D eigenvalue weighted by atomic mass is 10.0. The molecular formula is C45H85NO3. The lowest BCUT2D eigenvalue weighted by Crippen LogP contribution is -2.45. The van der Waals surface area contributed by atoms with E-state index < -0.39 is 12.1 Å². The first-order chi connectivity index (χ1) is 24.2. The zero-order valence-corrected chi connectivity index (χ0v) is 33.0. The fourth-order valence-electron chi connectivity index (χ4n) is 6.50. The van der Waals surface area contributed by atoms with Gasteiger partial charge in [-0.05, 0) is 51.4 Å². The Morgan fingerprint density at radius 1 is 0.490 bits per heavy atom. The van der Waals surface area contributed by atoms with E-state index in [2.05, 4.69) is 43.5 Å². The topological polar surface area (TPSA) is 69.6 Å². The summed E-state index contributed by atoms with van der Waals surface area (Å²) in [7, 11) is 0. The highest BCUT2D eigenvalue weighted by Crippen LogP contribution is 2.15. The molecule has 1 amide bonds. The summed E-state index contributed by atoms with van der Waals surface area (Å²) in [5.41, 5.74) is 0. The lowest BCUT2D eigenvalue weighted by Gasteiger charge is -2.20. The van der Waals surface area contributed by atoms with Crippen molar-refractivity contribution < 1.29 is 15.0 Å². The van der Waals surface area contributed by atoms with Crippen molar-refractivity contribution in [1.82, 2.24) is 5.32 Å². The Morgan fingerprint density at radius 2 is 0.837 bits per heavy atom. The van der Waals surface area contributed by atoms with E-state index in [-0.39, 0.29) is 12.5 Å². The van der Waals surface area contributed by atoms with Crippen LogP contribution in [-0.4, -0.2) is 34.9 Å². The zero-order chi connectivity index (χ0) is 35.7. The summed E-state index contributed by atoms with van der Waals surface area (Å²) in [4.78, 5) is 12.4. The summed E-state index contributed by atoms with van der Waals surface area (Å²) in [6, 6.07) is -0.625. The van der Waals surface area contributed by atoms with E-state index in [4.69, 9.17) is 0 Å². The molecule has 0 radical (unpaired) electrons. The molecule has 0 spiro atoms. The van der Waals surface area contributed by atoms with Gasteiger partial charge < -0.3 is 15.5 Å². The van der Waals surface area contributed by atoms with Gasteiger partial charge in [-0.15, -0.1) is 0 Å². The number of hydrogen-bond donors (Lipinski definition) is 3. The SMILES string of the molecule is CCCCC/C=C\C/C=C\CCCCCCCCCC(=O)NC(CO)C(O)/C=C/CCCCCCCCCCCCCCCCCCCC. The number of amides is 1. The van der Waals surface area contributed by atoms with Crippen molar-refractivity contribution in [3.05, 3.63) is 36.5 Å². The number of allylic oxidation sites excluding steroid dienone is 5. The van der Waals surface area contributed by atoms with Crippen molar-refractivity contribution in [3.8, 4) is 0 Å². The fraction of sp³-hybridized carbons (Fsp3) is 0.844. The van der Waals surface area contributed by atoms with Crippen LogP contribution in [0.2, 0.25) is 0 Å². The lowest BCUT2D eigenvalue weighted by molar-refractivity contribution is -0.123. The number of aliphatic hydroxyl groups excluding tert-OH is 2. The van der Waals surface area contributed by atoms with Crippen molar-refractivity contribution in [2.24, 2.45) is 0 Å². The number of hydrogen-bond acceptors (Lipinski definition) is 3. The molecule has 0 aliphatic carbocycles. The molecule has 0 fully saturated rings. The summed E-state index contributed by atoms with van der Waals surface area (Å²) in [6.45, 7) is 4.29. The molecule has 0 heterocycles. The van der Waals surface area contributed by atoms with Gasteiger partial charge in [-0.3, -0.25) is 4.79 Å². The third-order valence-electron chi connectivity index (χ3n) is 9.87. The molecule has 3 N–H and O–H groups in total. The maximum absolute atomic E-state index is 12.4. The van der Waals surface area contributed by atoms with Gasteiger partial charge >= 0.3 is 0 Å². The zero-order valence-electron chi connectivity index (χ0n) is 33.0. The smallest absolute Gasteiger partial charge is 0.220 e. The molecule has 0 saturated heterocycles. The first-order valence-corrected chi connectivity index (χ1v) is 21.7. The van der Waals surface area contributed by atoms with E-state index in [1.165, 1.54) is 173 Å². The van der Waals surface area contributed by atoms with E-state index in [9.17, 15) is 15.0 Å². The van der Waals surface area contributed by atoms with Crippen LogP contribution >= 0.6 is 0 Å². The monoisotopic (exact) mass is 688 g/mol. The number of aliphatic hydroxyl groups is 2. The molecule has 2 atom stereocenters. The summed E-state index contributed by atoms with van der Waals surface area (Å²) < 4.78 is 0. The number of nitrogens with one attached hydrogen (secondary N) is 1. The standard InChI is InChI=1S/C45H85NO3/c1-3-5-7-9-11-13-15-17-19-21-22-23-25-26-28-30-32-34-36-38-40-44(48)43(42-47)46-45(49)41-39-37-35-33-31-29-27-24-20-18-16-14-12-10-8-6-4-2/h12,14,18,20,38,40,43-44,47-48H,3-11,13,15-17,19,21-37,39,41-42H2,1-2H3,(H,46,49)/b14-12-,20-18-,40-38+. The fourth-order valence-corrected chi connectivity index (χ4v) is 6.50. The molecule has 0 aromatic rings. The van der Waals surface area contributed by atoms with Crippen LogP contribution in [-0.2, 0) is 4.79 Å². The van der Waals surface area contributed by atoms with Crippen LogP contribution < -0.4 is 5.32 Å².